The lowest BCUT2D eigenvalue weighted by molar-refractivity contribution is 0.899. The number of benzene rings is 1. The topological polar surface area (TPSA) is 41.6 Å². The van der Waals surface area contributed by atoms with E-state index in [1.54, 1.807) is 42.1 Å². The zero-order valence-electron chi connectivity index (χ0n) is 11.6. The average molecular weight is 368 g/mol. The van der Waals surface area contributed by atoms with Crippen LogP contribution in [0.5, 0.6) is 0 Å². The number of thioether (sulfide) groups is 2. The summed E-state index contributed by atoms with van der Waals surface area (Å²) in [4.78, 5) is 4.09. The van der Waals surface area contributed by atoms with E-state index in [1.165, 1.54) is 0 Å². The molecule has 1 atom stereocenters. The van der Waals surface area contributed by atoms with Gasteiger partial charge in [-0.15, -0.1) is 23.5 Å². The van der Waals surface area contributed by atoms with Crippen LogP contribution < -0.4 is 0 Å². The van der Waals surface area contributed by atoms with Crippen molar-refractivity contribution in [2.45, 2.75) is 5.25 Å². The van der Waals surface area contributed by atoms with Crippen LogP contribution >= 0.6 is 46.7 Å². The molecule has 0 spiro atoms. The molecular formula is C15H11Cl2N3S2. The minimum absolute atomic E-state index is 0.223. The van der Waals surface area contributed by atoms with Crippen molar-refractivity contribution in [2.75, 3.05) is 5.75 Å². The number of imidazole rings is 1. The molecule has 0 bridgehead atoms. The first-order valence-electron chi connectivity index (χ1n) is 6.45. The molecule has 1 aromatic carbocycles. The molecule has 3 nitrogen and oxygen atoms in total. The molecule has 112 valence electrons. The maximum absolute atomic E-state index is 9.51. The molecule has 1 aromatic heterocycles. The highest BCUT2D eigenvalue weighted by Gasteiger charge is 2.28. The highest BCUT2D eigenvalue weighted by Crippen LogP contribution is 2.53. The summed E-state index contributed by atoms with van der Waals surface area (Å²) in [5.41, 5.74) is 2.56. The Labute approximate surface area is 147 Å². The molecule has 1 aliphatic heterocycles. The Balaban J connectivity index is 1.92. The van der Waals surface area contributed by atoms with Crippen molar-refractivity contribution in [2.24, 2.45) is 7.05 Å². The van der Waals surface area contributed by atoms with Gasteiger partial charge in [0, 0.05) is 28.1 Å². The molecule has 3 rings (SSSR count). The van der Waals surface area contributed by atoms with Gasteiger partial charge in [-0.05, 0) is 17.7 Å². The third-order valence-electron chi connectivity index (χ3n) is 3.31. The first kappa shape index (κ1) is 15.8. The van der Waals surface area contributed by atoms with Crippen LogP contribution in [0.3, 0.4) is 0 Å². The fourth-order valence-electron chi connectivity index (χ4n) is 2.20. The lowest BCUT2D eigenvalue weighted by Crippen LogP contribution is -1.94. The van der Waals surface area contributed by atoms with Gasteiger partial charge in [0.05, 0.1) is 28.0 Å². The number of halogens is 2. The zero-order chi connectivity index (χ0) is 15.7. The van der Waals surface area contributed by atoms with E-state index >= 15 is 0 Å². The van der Waals surface area contributed by atoms with Crippen LogP contribution in [0.15, 0.2) is 35.0 Å². The second kappa shape index (κ2) is 6.59. The van der Waals surface area contributed by atoms with E-state index < -0.39 is 0 Å². The molecule has 0 N–H and O–H groups in total. The van der Waals surface area contributed by atoms with Gasteiger partial charge in [0.2, 0.25) is 0 Å². The normalized spacial score (nSPS) is 20.0. The van der Waals surface area contributed by atoms with Crippen molar-refractivity contribution in [3.63, 3.8) is 0 Å². The first-order valence-corrected chi connectivity index (χ1v) is 9.07. The SMILES string of the molecule is Cn1cncc1/C(C#N)=C1/SCC(c2ccc(Cl)cc2Cl)S1. The van der Waals surface area contributed by atoms with E-state index in [4.69, 9.17) is 23.2 Å². The Morgan fingerprint density at radius 1 is 1.45 bits per heavy atom. The maximum atomic E-state index is 9.51. The number of aromatic nitrogens is 2. The highest BCUT2D eigenvalue weighted by atomic mass is 35.5. The Kier molecular flexibility index (Phi) is 4.74. The van der Waals surface area contributed by atoms with Gasteiger partial charge in [0.25, 0.3) is 0 Å². The smallest absolute Gasteiger partial charge is 0.103 e. The van der Waals surface area contributed by atoms with Crippen LogP contribution in [0.1, 0.15) is 16.5 Å². The molecule has 0 amide bonds. The van der Waals surface area contributed by atoms with Gasteiger partial charge >= 0.3 is 0 Å². The van der Waals surface area contributed by atoms with Gasteiger partial charge in [-0.2, -0.15) is 5.26 Å². The van der Waals surface area contributed by atoms with Crippen LogP contribution in [-0.2, 0) is 7.05 Å². The minimum Gasteiger partial charge on any atom is -0.333 e. The van der Waals surface area contributed by atoms with E-state index in [0.29, 0.717) is 15.6 Å². The van der Waals surface area contributed by atoms with Gasteiger partial charge in [0.15, 0.2) is 0 Å². The summed E-state index contributed by atoms with van der Waals surface area (Å²) < 4.78 is 2.87. The summed E-state index contributed by atoms with van der Waals surface area (Å²) in [6.45, 7) is 0. The standard InChI is InChI=1S/C15H11Cl2N3S2/c1-20-8-19-6-13(20)11(5-18)15-21-7-14(22-15)10-3-2-9(16)4-12(10)17/h2-4,6,8,14H,7H2,1H3/b15-11-. The molecular weight excluding hydrogens is 357 g/mol. The van der Waals surface area contributed by atoms with Crippen molar-refractivity contribution < 1.29 is 0 Å². The van der Waals surface area contributed by atoms with Crippen molar-refractivity contribution in [3.8, 4) is 6.07 Å². The molecule has 2 aromatic rings. The molecule has 22 heavy (non-hydrogen) atoms. The number of nitrogens with zero attached hydrogens (tertiary/aromatic N) is 3. The fraction of sp³-hybridized carbons (Fsp3) is 0.200. The molecule has 7 heteroatoms. The fourth-order valence-corrected chi connectivity index (χ4v) is 5.74. The second-order valence-corrected chi connectivity index (χ2v) is 8.09. The summed E-state index contributed by atoms with van der Waals surface area (Å²) in [6.07, 6.45) is 3.42. The number of rotatable bonds is 2. The van der Waals surface area contributed by atoms with Gasteiger partial charge in [-0.1, -0.05) is 29.3 Å². The number of hydrogen-bond acceptors (Lipinski definition) is 4. The van der Waals surface area contributed by atoms with Crippen molar-refractivity contribution >= 4 is 52.3 Å². The van der Waals surface area contributed by atoms with Crippen LogP contribution in [0.25, 0.3) is 5.57 Å². The summed E-state index contributed by atoms with van der Waals surface area (Å²) in [6, 6.07) is 7.88. The molecule has 1 aliphatic rings. The van der Waals surface area contributed by atoms with E-state index in [2.05, 4.69) is 11.1 Å². The highest BCUT2D eigenvalue weighted by molar-refractivity contribution is 8.25. The monoisotopic (exact) mass is 367 g/mol. The maximum Gasteiger partial charge on any atom is 0.103 e. The summed E-state index contributed by atoms with van der Waals surface area (Å²) in [5, 5.41) is 11.0. The lowest BCUT2D eigenvalue weighted by Gasteiger charge is -2.10. The molecule has 1 saturated heterocycles. The van der Waals surface area contributed by atoms with Crippen molar-refractivity contribution in [1.29, 1.82) is 5.26 Å². The molecule has 0 aliphatic carbocycles. The Hall–Kier alpha value is -1.06. The van der Waals surface area contributed by atoms with E-state index in [1.807, 2.05) is 23.7 Å². The van der Waals surface area contributed by atoms with Gasteiger partial charge in [-0.25, -0.2) is 4.98 Å². The number of allylic oxidation sites excluding steroid dienone is 1. The molecule has 1 unspecified atom stereocenters. The summed E-state index contributed by atoms with van der Waals surface area (Å²) >= 11 is 15.6. The number of aryl methyl sites for hydroxylation is 1. The Bertz CT molecular complexity index is 792. The third-order valence-corrected chi connectivity index (χ3v) is 6.82. The quantitative estimate of drug-likeness (QED) is 0.689. The number of nitriles is 1. The van der Waals surface area contributed by atoms with Crippen LogP contribution in [0, 0.1) is 11.3 Å². The van der Waals surface area contributed by atoms with E-state index in [9.17, 15) is 5.26 Å². The van der Waals surface area contributed by atoms with Gasteiger partial charge in [0.1, 0.15) is 6.07 Å². The minimum atomic E-state index is 0.223. The Morgan fingerprint density at radius 3 is 2.91 bits per heavy atom. The summed E-state index contributed by atoms with van der Waals surface area (Å²) in [7, 11) is 1.89. The first-order chi connectivity index (χ1) is 10.6. The number of hydrogen-bond donors (Lipinski definition) is 0. The lowest BCUT2D eigenvalue weighted by atomic mass is 10.2. The molecule has 2 heterocycles. The van der Waals surface area contributed by atoms with Crippen LogP contribution in [0.4, 0.5) is 0 Å². The van der Waals surface area contributed by atoms with Crippen LogP contribution in [0.2, 0.25) is 10.0 Å². The van der Waals surface area contributed by atoms with Gasteiger partial charge < -0.3 is 4.57 Å². The molecule has 0 saturated carbocycles. The Morgan fingerprint density at radius 2 is 2.27 bits per heavy atom. The van der Waals surface area contributed by atoms with Gasteiger partial charge in [-0.3, -0.25) is 0 Å². The summed E-state index contributed by atoms with van der Waals surface area (Å²) in [5.74, 6) is 0.879. The second-order valence-electron chi connectivity index (χ2n) is 4.75. The third kappa shape index (κ3) is 3.02. The molecule has 1 fully saturated rings. The predicted octanol–water partition coefficient (Wildman–Crippen LogP) is 5.14. The van der Waals surface area contributed by atoms with Crippen LogP contribution in [-0.4, -0.2) is 15.3 Å². The average Bonchev–Trinajstić information content (AvgIpc) is 3.11. The predicted molar refractivity (Wildman–Crippen MR) is 95.0 cm³/mol. The zero-order valence-corrected chi connectivity index (χ0v) is 14.7. The largest absolute Gasteiger partial charge is 0.333 e. The van der Waals surface area contributed by atoms with Crippen molar-refractivity contribution in [3.05, 3.63) is 56.3 Å². The molecule has 0 radical (unpaired) electrons. The van der Waals surface area contributed by atoms with E-state index in [0.717, 1.165) is 21.2 Å². The van der Waals surface area contributed by atoms with Crippen molar-refractivity contribution in [1.82, 2.24) is 9.55 Å². The van der Waals surface area contributed by atoms with E-state index in [-0.39, 0.29) is 5.25 Å².